The van der Waals surface area contributed by atoms with Gasteiger partial charge in [0.2, 0.25) is 0 Å². The Hall–Kier alpha value is -1.54. The molecule has 20 heavy (non-hydrogen) atoms. The summed E-state index contributed by atoms with van der Waals surface area (Å²) in [5, 5.41) is 3.43. The summed E-state index contributed by atoms with van der Waals surface area (Å²) in [7, 11) is 0. The number of hydrogen-bond acceptors (Lipinski definition) is 1. The predicted octanol–water partition coefficient (Wildman–Crippen LogP) is 4.37. The van der Waals surface area contributed by atoms with Crippen LogP contribution in [0.4, 0.5) is 0 Å². The second kappa shape index (κ2) is 6.76. The average molecular weight is 290 g/mol. The van der Waals surface area contributed by atoms with Gasteiger partial charge in [-0.3, -0.25) is 4.79 Å². The maximum atomic E-state index is 12.0. The summed E-state index contributed by atoms with van der Waals surface area (Å²) in [6, 6.07) is 7.11. The van der Waals surface area contributed by atoms with E-state index in [9.17, 15) is 4.79 Å². The molecule has 0 aromatic heterocycles. The van der Waals surface area contributed by atoms with Gasteiger partial charge in [0.05, 0.1) is 10.6 Å². The van der Waals surface area contributed by atoms with Crippen molar-refractivity contribution in [3.63, 3.8) is 0 Å². The van der Waals surface area contributed by atoms with E-state index in [4.69, 9.17) is 11.6 Å². The molecule has 1 N–H and O–H groups in total. The zero-order valence-corrected chi connectivity index (χ0v) is 12.5. The summed E-state index contributed by atoms with van der Waals surface area (Å²) in [5.74, 6) is 0.483. The summed E-state index contributed by atoms with van der Waals surface area (Å²) < 4.78 is 0. The van der Waals surface area contributed by atoms with Crippen molar-refractivity contribution in [2.75, 3.05) is 6.54 Å². The Morgan fingerprint density at radius 3 is 2.80 bits per heavy atom. The minimum Gasteiger partial charge on any atom is -0.348 e. The summed E-state index contributed by atoms with van der Waals surface area (Å²) in [5.41, 5.74) is 3.08. The third kappa shape index (κ3) is 3.73. The van der Waals surface area contributed by atoms with Crippen LogP contribution in [-0.4, -0.2) is 12.5 Å². The molecule has 0 bridgehead atoms. The highest BCUT2D eigenvalue weighted by atomic mass is 35.5. The van der Waals surface area contributed by atoms with Crippen LogP contribution in [0.15, 0.2) is 48.1 Å². The van der Waals surface area contributed by atoms with Gasteiger partial charge in [-0.1, -0.05) is 47.5 Å². The maximum Gasteiger partial charge on any atom is 0.253 e. The van der Waals surface area contributed by atoms with E-state index in [1.807, 2.05) is 12.1 Å². The van der Waals surface area contributed by atoms with Gasteiger partial charge >= 0.3 is 0 Å². The predicted molar refractivity (Wildman–Crippen MR) is 84.0 cm³/mol. The Morgan fingerprint density at radius 1 is 1.45 bits per heavy atom. The molecule has 1 unspecified atom stereocenters. The topological polar surface area (TPSA) is 29.1 Å². The first-order chi connectivity index (χ1) is 9.58. The molecule has 1 aromatic carbocycles. The lowest BCUT2D eigenvalue weighted by molar-refractivity contribution is 0.0956. The molecule has 0 saturated heterocycles. The van der Waals surface area contributed by atoms with E-state index in [0.717, 1.165) is 19.3 Å². The molecule has 3 heteroatoms. The van der Waals surface area contributed by atoms with E-state index in [-0.39, 0.29) is 5.91 Å². The minimum atomic E-state index is -0.112. The van der Waals surface area contributed by atoms with Gasteiger partial charge in [0.25, 0.3) is 5.91 Å². The smallest absolute Gasteiger partial charge is 0.253 e. The monoisotopic (exact) mass is 289 g/mol. The fourth-order valence-electron chi connectivity index (χ4n) is 2.43. The second-order valence-electron chi connectivity index (χ2n) is 5.34. The summed E-state index contributed by atoms with van der Waals surface area (Å²) in [6.45, 7) is 6.70. The van der Waals surface area contributed by atoms with Crippen LogP contribution in [0.2, 0.25) is 5.02 Å². The lowest BCUT2D eigenvalue weighted by Gasteiger charge is -2.22. The molecule has 0 fully saturated rings. The average Bonchev–Trinajstić information content (AvgIpc) is 2.45. The zero-order chi connectivity index (χ0) is 14.5. The van der Waals surface area contributed by atoms with Gasteiger partial charge in [0.15, 0.2) is 0 Å². The van der Waals surface area contributed by atoms with Gasteiger partial charge in [0, 0.05) is 6.54 Å². The Bertz CT molecular complexity index is 548. The molecule has 106 valence electrons. The number of amides is 1. The van der Waals surface area contributed by atoms with Crippen LogP contribution in [0.1, 0.15) is 36.5 Å². The van der Waals surface area contributed by atoms with Gasteiger partial charge in [-0.15, -0.1) is 0 Å². The quantitative estimate of drug-likeness (QED) is 0.819. The van der Waals surface area contributed by atoms with E-state index in [1.54, 1.807) is 12.1 Å². The number of allylic oxidation sites excluding steroid dienone is 2. The van der Waals surface area contributed by atoms with Gasteiger partial charge in [-0.25, -0.2) is 0 Å². The van der Waals surface area contributed by atoms with Crippen molar-refractivity contribution in [2.45, 2.75) is 26.2 Å². The van der Waals surface area contributed by atoms with Gasteiger partial charge < -0.3 is 5.32 Å². The number of hydrogen-bond donors (Lipinski definition) is 1. The van der Waals surface area contributed by atoms with E-state index in [2.05, 4.69) is 24.9 Å². The summed E-state index contributed by atoms with van der Waals surface area (Å²) >= 11 is 6.01. The van der Waals surface area contributed by atoms with E-state index < -0.39 is 0 Å². The molecule has 0 saturated carbocycles. The van der Waals surface area contributed by atoms with Crippen molar-refractivity contribution < 1.29 is 4.79 Å². The van der Waals surface area contributed by atoms with Crippen LogP contribution in [0, 0.1) is 5.92 Å². The van der Waals surface area contributed by atoms with Crippen molar-refractivity contribution in [2.24, 2.45) is 5.92 Å². The number of halogens is 1. The SMILES string of the molecule is C=C(C)C1CC=C(CNC(=O)c2ccccc2Cl)CC1. The fraction of sp³-hybridized carbons (Fsp3) is 0.353. The molecule has 0 radical (unpaired) electrons. The van der Waals surface area contributed by atoms with Crippen LogP contribution in [0.25, 0.3) is 0 Å². The Kier molecular flexibility index (Phi) is 5.02. The van der Waals surface area contributed by atoms with E-state index >= 15 is 0 Å². The van der Waals surface area contributed by atoms with Crippen molar-refractivity contribution in [1.29, 1.82) is 0 Å². The molecular weight excluding hydrogens is 270 g/mol. The number of rotatable bonds is 4. The molecule has 0 heterocycles. The first-order valence-electron chi connectivity index (χ1n) is 6.94. The number of carbonyl (C=O) groups is 1. The van der Waals surface area contributed by atoms with Crippen LogP contribution < -0.4 is 5.32 Å². The highest BCUT2D eigenvalue weighted by Crippen LogP contribution is 2.27. The fourth-order valence-corrected chi connectivity index (χ4v) is 2.65. The van der Waals surface area contributed by atoms with Crippen LogP contribution in [-0.2, 0) is 0 Å². The third-order valence-corrected chi connectivity index (χ3v) is 4.13. The van der Waals surface area contributed by atoms with Crippen molar-refractivity contribution >= 4 is 17.5 Å². The zero-order valence-electron chi connectivity index (χ0n) is 11.8. The first kappa shape index (κ1) is 14.9. The normalized spacial score (nSPS) is 18.3. The summed E-state index contributed by atoms with van der Waals surface area (Å²) in [4.78, 5) is 12.0. The molecule has 1 atom stereocenters. The molecule has 0 spiro atoms. The Balaban J connectivity index is 1.89. The Labute approximate surface area is 125 Å². The molecule has 1 aromatic rings. The molecule has 1 amide bonds. The number of carbonyl (C=O) groups excluding carboxylic acids is 1. The number of benzene rings is 1. The molecule has 2 nitrogen and oxygen atoms in total. The molecule has 2 rings (SSSR count). The minimum absolute atomic E-state index is 0.112. The van der Waals surface area contributed by atoms with Crippen molar-refractivity contribution in [1.82, 2.24) is 5.32 Å². The van der Waals surface area contributed by atoms with Crippen molar-refractivity contribution in [3.05, 3.63) is 58.7 Å². The van der Waals surface area contributed by atoms with Gasteiger partial charge in [-0.05, 0) is 44.2 Å². The first-order valence-corrected chi connectivity index (χ1v) is 7.31. The largest absolute Gasteiger partial charge is 0.348 e. The molecular formula is C17H20ClNO. The van der Waals surface area contributed by atoms with Crippen LogP contribution >= 0.6 is 11.6 Å². The lowest BCUT2D eigenvalue weighted by Crippen LogP contribution is -2.26. The van der Waals surface area contributed by atoms with Gasteiger partial charge in [-0.2, -0.15) is 0 Å². The third-order valence-electron chi connectivity index (χ3n) is 3.80. The second-order valence-corrected chi connectivity index (χ2v) is 5.75. The maximum absolute atomic E-state index is 12.0. The lowest BCUT2D eigenvalue weighted by atomic mass is 9.85. The van der Waals surface area contributed by atoms with Crippen LogP contribution in [0.3, 0.4) is 0 Å². The Morgan fingerprint density at radius 2 is 2.20 bits per heavy atom. The number of nitrogens with one attached hydrogen (secondary N) is 1. The molecule has 1 aliphatic carbocycles. The van der Waals surface area contributed by atoms with Crippen LogP contribution in [0.5, 0.6) is 0 Å². The van der Waals surface area contributed by atoms with E-state index in [1.165, 1.54) is 11.1 Å². The standard InChI is InChI=1S/C17H20ClNO/c1-12(2)14-9-7-13(8-10-14)11-19-17(20)15-5-3-4-6-16(15)18/h3-7,14H,1,8-11H2,2H3,(H,19,20). The highest BCUT2D eigenvalue weighted by molar-refractivity contribution is 6.33. The van der Waals surface area contributed by atoms with Gasteiger partial charge in [0.1, 0.15) is 0 Å². The van der Waals surface area contributed by atoms with Crippen molar-refractivity contribution in [3.8, 4) is 0 Å². The summed E-state index contributed by atoms with van der Waals surface area (Å²) in [6.07, 6.45) is 5.42. The highest BCUT2D eigenvalue weighted by Gasteiger charge is 2.16. The van der Waals surface area contributed by atoms with E-state index in [0.29, 0.717) is 23.0 Å². The molecule has 0 aliphatic heterocycles. The molecule has 1 aliphatic rings.